The van der Waals surface area contributed by atoms with E-state index >= 15 is 0 Å². The number of nitrogen functional groups attached to an aromatic ring is 1. The summed E-state index contributed by atoms with van der Waals surface area (Å²) in [6.45, 7) is 0. The molecule has 9 heteroatoms. The molecule has 0 saturated heterocycles. The summed E-state index contributed by atoms with van der Waals surface area (Å²) in [5, 5.41) is 7.72. The Bertz CT molecular complexity index is 904. The fraction of sp³-hybridized carbons (Fsp3) is 0.0625. The van der Waals surface area contributed by atoms with E-state index in [2.05, 4.69) is 35.8 Å². The molecule has 128 valence electrons. The maximum Gasteiger partial charge on any atom is 0.573 e. The van der Waals surface area contributed by atoms with Crippen LogP contribution < -0.4 is 10.5 Å². The number of nitrogens with zero attached hydrogens (tertiary/aromatic N) is 3. The zero-order valence-corrected chi connectivity index (χ0v) is 14.0. The Hall–Kier alpha value is -2.68. The molecule has 0 saturated carbocycles. The van der Waals surface area contributed by atoms with Crippen LogP contribution in [0.25, 0.3) is 22.5 Å². The Balaban J connectivity index is 2.14. The van der Waals surface area contributed by atoms with Crippen molar-refractivity contribution < 1.29 is 17.9 Å². The smallest absolute Gasteiger partial charge is 0.406 e. The topological polar surface area (TPSA) is 73.9 Å². The fourth-order valence-electron chi connectivity index (χ4n) is 2.22. The van der Waals surface area contributed by atoms with Crippen LogP contribution in [0.2, 0.25) is 0 Å². The summed E-state index contributed by atoms with van der Waals surface area (Å²) in [7, 11) is 0. The van der Waals surface area contributed by atoms with Crippen LogP contribution in [0.4, 0.5) is 19.1 Å². The Kier molecular flexibility index (Phi) is 4.58. The molecule has 0 aliphatic carbocycles. The van der Waals surface area contributed by atoms with Crippen LogP contribution in [0.15, 0.2) is 53.0 Å². The quantitative estimate of drug-likeness (QED) is 0.690. The van der Waals surface area contributed by atoms with Crippen LogP contribution in [-0.2, 0) is 0 Å². The molecule has 3 rings (SSSR count). The number of rotatable bonds is 3. The molecule has 0 unspecified atom stereocenters. The maximum atomic E-state index is 12.5. The zero-order valence-electron chi connectivity index (χ0n) is 12.5. The van der Waals surface area contributed by atoms with Crippen molar-refractivity contribution in [2.24, 2.45) is 0 Å². The van der Waals surface area contributed by atoms with Gasteiger partial charge in [0.05, 0.1) is 0 Å². The number of hydrogen-bond donors (Lipinski definition) is 1. The second-order valence-corrected chi connectivity index (χ2v) is 5.87. The molecule has 0 spiro atoms. The highest BCUT2D eigenvalue weighted by atomic mass is 79.9. The zero-order chi connectivity index (χ0) is 18.0. The second kappa shape index (κ2) is 6.67. The van der Waals surface area contributed by atoms with Crippen LogP contribution >= 0.6 is 15.9 Å². The first kappa shape index (κ1) is 17.2. The van der Waals surface area contributed by atoms with Gasteiger partial charge in [-0.2, -0.15) is 0 Å². The number of alkyl halides is 3. The summed E-state index contributed by atoms with van der Waals surface area (Å²) in [6.07, 6.45) is -4.80. The van der Waals surface area contributed by atoms with Crippen LogP contribution in [0.3, 0.4) is 0 Å². The normalized spacial score (nSPS) is 11.4. The molecular formula is C16H10BrF3N4O. The molecule has 2 aromatic carbocycles. The number of ether oxygens (including phenoxy) is 1. The van der Waals surface area contributed by atoms with Gasteiger partial charge in [0.1, 0.15) is 17.1 Å². The number of benzene rings is 2. The highest BCUT2D eigenvalue weighted by Gasteiger charge is 2.31. The van der Waals surface area contributed by atoms with E-state index < -0.39 is 6.36 Å². The van der Waals surface area contributed by atoms with Crippen molar-refractivity contribution in [2.45, 2.75) is 6.36 Å². The minimum absolute atomic E-state index is 0.0376. The predicted octanol–water partition coefficient (Wildman–Crippen LogP) is 4.45. The van der Waals surface area contributed by atoms with Crippen LogP contribution in [0.5, 0.6) is 5.75 Å². The molecule has 0 radical (unpaired) electrons. The summed E-state index contributed by atoms with van der Waals surface area (Å²) in [4.78, 5) is 4.18. The predicted molar refractivity (Wildman–Crippen MR) is 89.5 cm³/mol. The molecular weight excluding hydrogens is 401 g/mol. The number of nitrogens with two attached hydrogens (primary N) is 1. The molecule has 0 atom stereocenters. The average Bonchev–Trinajstić information content (AvgIpc) is 2.53. The van der Waals surface area contributed by atoms with Gasteiger partial charge in [0.25, 0.3) is 0 Å². The summed E-state index contributed by atoms with van der Waals surface area (Å²) in [5.74, 6) is -0.418. The third-order valence-electron chi connectivity index (χ3n) is 3.13. The van der Waals surface area contributed by atoms with Gasteiger partial charge in [0, 0.05) is 15.6 Å². The molecule has 1 heterocycles. The Morgan fingerprint density at radius 2 is 1.64 bits per heavy atom. The summed E-state index contributed by atoms with van der Waals surface area (Å²) >= 11 is 3.17. The molecule has 0 fully saturated rings. The Morgan fingerprint density at radius 1 is 0.920 bits per heavy atom. The van der Waals surface area contributed by atoms with Crippen LogP contribution in [0.1, 0.15) is 0 Å². The Labute approximate surface area is 148 Å². The van der Waals surface area contributed by atoms with Crippen LogP contribution in [0, 0.1) is 0 Å². The van der Waals surface area contributed by atoms with Gasteiger partial charge in [-0.25, -0.2) is 4.98 Å². The highest BCUT2D eigenvalue weighted by Crippen LogP contribution is 2.34. The van der Waals surface area contributed by atoms with E-state index in [4.69, 9.17) is 5.73 Å². The maximum absolute atomic E-state index is 12.5. The van der Waals surface area contributed by atoms with Gasteiger partial charge in [-0.05, 0) is 18.2 Å². The lowest BCUT2D eigenvalue weighted by molar-refractivity contribution is -0.274. The van der Waals surface area contributed by atoms with E-state index in [1.54, 1.807) is 30.3 Å². The minimum atomic E-state index is -4.80. The molecule has 25 heavy (non-hydrogen) atoms. The number of hydrogen-bond acceptors (Lipinski definition) is 5. The van der Waals surface area contributed by atoms with Crippen molar-refractivity contribution in [3.05, 3.63) is 53.0 Å². The molecule has 5 nitrogen and oxygen atoms in total. The van der Waals surface area contributed by atoms with Crippen molar-refractivity contribution in [2.75, 3.05) is 5.73 Å². The van der Waals surface area contributed by atoms with Crippen molar-refractivity contribution in [3.63, 3.8) is 0 Å². The number of anilines is 1. The van der Waals surface area contributed by atoms with Crippen molar-refractivity contribution in [1.82, 2.24) is 15.2 Å². The molecule has 1 aromatic heterocycles. The van der Waals surface area contributed by atoms with Gasteiger partial charge in [0.15, 0.2) is 0 Å². The first-order valence-electron chi connectivity index (χ1n) is 6.94. The van der Waals surface area contributed by atoms with E-state index in [9.17, 15) is 13.2 Å². The van der Waals surface area contributed by atoms with E-state index in [0.717, 1.165) is 0 Å². The minimum Gasteiger partial charge on any atom is -0.406 e. The van der Waals surface area contributed by atoms with E-state index in [1.165, 1.54) is 12.1 Å². The third kappa shape index (κ3) is 4.24. The van der Waals surface area contributed by atoms with E-state index in [1.807, 2.05) is 6.07 Å². The number of halogens is 4. The van der Waals surface area contributed by atoms with Crippen LogP contribution in [-0.4, -0.2) is 21.5 Å². The van der Waals surface area contributed by atoms with Gasteiger partial charge in [-0.3, -0.25) is 0 Å². The molecule has 0 amide bonds. The standard InChI is InChI=1S/C16H10BrF3N4O/c17-11-6-10(7-12(8-11)25-16(18,19)20)14-13(22-15(21)24-23-14)9-4-2-1-3-5-9/h1-8H,(H2,21,22,24). The van der Waals surface area contributed by atoms with Crippen molar-refractivity contribution in [3.8, 4) is 28.3 Å². The lowest BCUT2D eigenvalue weighted by Crippen LogP contribution is -2.17. The summed E-state index contributed by atoms with van der Waals surface area (Å²) in [5.41, 5.74) is 7.37. The Morgan fingerprint density at radius 3 is 2.32 bits per heavy atom. The van der Waals surface area contributed by atoms with E-state index in [0.29, 0.717) is 21.3 Å². The molecule has 0 bridgehead atoms. The monoisotopic (exact) mass is 410 g/mol. The first-order chi connectivity index (χ1) is 11.8. The van der Waals surface area contributed by atoms with E-state index in [-0.39, 0.29) is 17.4 Å². The second-order valence-electron chi connectivity index (χ2n) is 4.96. The number of aromatic nitrogens is 3. The van der Waals surface area contributed by atoms with Gasteiger partial charge < -0.3 is 10.5 Å². The van der Waals surface area contributed by atoms with Crippen molar-refractivity contribution >= 4 is 21.9 Å². The average molecular weight is 411 g/mol. The van der Waals surface area contributed by atoms with Gasteiger partial charge >= 0.3 is 6.36 Å². The lowest BCUT2D eigenvalue weighted by atomic mass is 10.0. The fourth-order valence-corrected chi connectivity index (χ4v) is 2.69. The molecule has 2 N–H and O–H groups in total. The SMILES string of the molecule is Nc1nnc(-c2cc(Br)cc(OC(F)(F)F)c2)c(-c2ccccc2)n1. The van der Waals surface area contributed by atoms with Crippen molar-refractivity contribution in [1.29, 1.82) is 0 Å². The summed E-state index contributed by atoms with van der Waals surface area (Å²) in [6, 6.07) is 13.0. The molecule has 0 aliphatic heterocycles. The molecule has 0 aliphatic rings. The molecule has 3 aromatic rings. The third-order valence-corrected chi connectivity index (χ3v) is 3.59. The summed E-state index contributed by atoms with van der Waals surface area (Å²) < 4.78 is 41.9. The lowest BCUT2D eigenvalue weighted by Gasteiger charge is -2.12. The first-order valence-corrected chi connectivity index (χ1v) is 7.73. The van der Waals surface area contributed by atoms with Gasteiger partial charge in [-0.15, -0.1) is 23.4 Å². The largest absolute Gasteiger partial charge is 0.573 e. The highest BCUT2D eigenvalue weighted by molar-refractivity contribution is 9.10. The van der Waals surface area contributed by atoms with Gasteiger partial charge in [0.2, 0.25) is 5.95 Å². The van der Waals surface area contributed by atoms with Gasteiger partial charge in [-0.1, -0.05) is 46.3 Å².